The highest BCUT2D eigenvalue weighted by molar-refractivity contribution is 7.16. The first-order valence-corrected chi connectivity index (χ1v) is 4.04. The molecule has 0 aromatic carbocycles. The monoisotopic (exact) mass is 130 g/mol. The molecule has 0 nitrogen and oxygen atoms in total. The van der Waals surface area contributed by atoms with Crippen LogP contribution in [0.25, 0.3) is 0 Å². The van der Waals surface area contributed by atoms with Crippen molar-refractivity contribution in [3.63, 3.8) is 0 Å². The fourth-order valence-electron chi connectivity index (χ4n) is 0.610. The van der Waals surface area contributed by atoms with Crippen molar-refractivity contribution in [3.05, 3.63) is 12.7 Å². The summed E-state index contributed by atoms with van der Waals surface area (Å²) in [5.74, 6) is 0. The molecule has 0 fully saturated rings. The van der Waals surface area contributed by atoms with Crippen LogP contribution in [0.2, 0.25) is 0 Å². The Labute approximate surface area is 54.6 Å². The molecule has 0 rings (SSSR count). The second-order valence-electron chi connectivity index (χ2n) is 1.93. The molecule has 0 aliphatic heterocycles. The predicted molar refractivity (Wildman–Crippen MR) is 43.2 cm³/mol. The summed E-state index contributed by atoms with van der Waals surface area (Å²) in [6, 6.07) is 0. The number of rotatable bonds is 5. The van der Waals surface area contributed by atoms with Gasteiger partial charge in [0.15, 0.2) is 0 Å². The second kappa shape index (κ2) is 7.17. The summed E-state index contributed by atoms with van der Waals surface area (Å²) in [6.45, 7) is 3.65. The van der Waals surface area contributed by atoms with Crippen molar-refractivity contribution in [2.24, 2.45) is 0 Å². The highest BCUT2D eigenvalue weighted by atomic mass is 31.0. The van der Waals surface area contributed by atoms with Crippen molar-refractivity contribution in [1.82, 2.24) is 0 Å². The van der Waals surface area contributed by atoms with E-state index in [2.05, 4.69) is 15.8 Å². The van der Waals surface area contributed by atoms with Crippen LogP contribution in [-0.2, 0) is 0 Å². The van der Waals surface area contributed by atoms with Gasteiger partial charge in [-0.25, -0.2) is 0 Å². The summed E-state index contributed by atoms with van der Waals surface area (Å²) in [4.78, 5) is 0. The Balaban J connectivity index is 2.62. The van der Waals surface area contributed by atoms with E-state index in [0.717, 1.165) is 0 Å². The smallest absolute Gasteiger partial charge is 0.0353 e. The van der Waals surface area contributed by atoms with Crippen LogP contribution in [0.3, 0.4) is 0 Å². The Morgan fingerprint density at radius 3 is 2.50 bits per heavy atom. The molecule has 1 atom stereocenters. The zero-order valence-corrected chi connectivity index (χ0v) is 6.55. The SMILES string of the molecule is C=CCCCCCP. The van der Waals surface area contributed by atoms with Crippen LogP contribution < -0.4 is 0 Å². The molecule has 0 saturated carbocycles. The van der Waals surface area contributed by atoms with E-state index in [-0.39, 0.29) is 0 Å². The lowest BCUT2D eigenvalue weighted by Crippen LogP contribution is -1.74. The zero-order valence-electron chi connectivity index (χ0n) is 5.40. The Kier molecular flexibility index (Phi) is 7.32. The van der Waals surface area contributed by atoms with Gasteiger partial charge in [-0.15, -0.1) is 15.8 Å². The molecule has 0 aliphatic rings. The molecule has 1 unspecified atom stereocenters. The average Bonchev–Trinajstić information content (AvgIpc) is 1.81. The lowest BCUT2D eigenvalue weighted by Gasteiger charge is -1.91. The first kappa shape index (κ1) is 8.17. The van der Waals surface area contributed by atoms with Crippen molar-refractivity contribution in [1.29, 1.82) is 0 Å². The maximum absolute atomic E-state index is 3.65. The minimum atomic E-state index is 1.19. The van der Waals surface area contributed by atoms with Gasteiger partial charge < -0.3 is 0 Å². The van der Waals surface area contributed by atoms with Gasteiger partial charge in [-0.3, -0.25) is 0 Å². The molecule has 0 aliphatic carbocycles. The minimum Gasteiger partial charge on any atom is -0.138 e. The highest BCUT2D eigenvalue weighted by Gasteiger charge is 1.81. The van der Waals surface area contributed by atoms with Crippen LogP contribution in [0.4, 0.5) is 0 Å². The van der Waals surface area contributed by atoms with Crippen molar-refractivity contribution in [3.8, 4) is 0 Å². The van der Waals surface area contributed by atoms with Gasteiger partial charge in [-0.2, -0.15) is 0 Å². The quantitative estimate of drug-likeness (QED) is 0.305. The van der Waals surface area contributed by atoms with E-state index in [0.29, 0.717) is 0 Å². The molecule has 8 heavy (non-hydrogen) atoms. The lowest BCUT2D eigenvalue weighted by atomic mass is 10.2. The third-order valence-corrected chi connectivity index (χ3v) is 1.52. The van der Waals surface area contributed by atoms with E-state index in [1.165, 1.54) is 31.8 Å². The van der Waals surface area contributed by atoms with E-state index < -0.39 is 0 Å². The van der Waals surface area contributed by atoms with Crippen molar-refractivity contribution < 1.29 is 0 Å². The van der Waals surface area contributed by atoms with Gasteiger partial charge in [-0.1, -0.05) is 12.5 Å². The summed E-state index contributed by atoms with van der Waals surface area (Å²) in [6.07, 6.45) is 8.44. The van der Waals surface area contributed by atoms with Crippen molar-refractivity contribution in [2.75, 3.05) is 6.16 Å². The summed E-state index contributed by atoms with van der Waals surface area (Å²) in [5, 5.41) is 0. The molecule has 0 aromatic heterocycles. The average molecular weight is 130 g/mol. The van der Waals surface area contributed by atoms with Crippen LogP contribution in [-0.4, -0.2) is 6.16 Å². The summed E-state index contributed by atoms with van der Waals surface area (Å²) in [5.41, 5.74) is 0. The molecule has 0 heterocycles. The Morgan fingerprint density at radius 2 is 2.00 bits per heavy atom. The van der Waals surface area contributed by atoms with Gasteiger partial charge in [0.1, 0.15) is 0 Å². The number of allylic oxidation sites excluding steroid dienone is 1. The Hall–Kier alpha value is 0.170. The fourth-order valence-corrected chi connectivity index (χ4v) is 0.898. The minimum absolute atomic E-state index is 1.19. The molecular formula is C7H15P. The molecule has 48 valence electrons. The van der Waals surface area contributed by atoms with E-state index in [1.54, 1.807) is 0 Å². The molecule has 0 amide bonds. The number of hydrogen-bond acceptors (Lipinski definition) is 0. The molecule has 0 saturated heterocycles. The van der Waals surface area contributed by atoms with E-state index in [4.69, 9.17) is 0 Å². The largest absolute Gasteiger partial charge is 0.138 e. The van der Waals surface area contributed by atoms with Gasteiger partial charge >= 0.3 is 0 Å². The van der Waals surface area contributed by atoms with E-state index >= 15 is 0 Å². The third kappa shape index (κ3) is 6.17. The van der Waals surface area contributed by atoms with Crippen LogP contribution in [0.5, 0.6) is 0 Å². The van der Waals surface area contributed by atoms with Crippen molar-refractivity contribution >= 4 is 9.24 Å². The Morgan fingerprint density at radius 1 is 1.25 bits per heavy atom. The highest BCUT2D eigenvalue weighted by Crippen LogP contribution is 2.01. The molecule has 0 spiro atoms. The summed E-state index contributed by atoms with van der Waals surface area (Å²) < 4.78 is 0. The summed E-state index contributed by atoms with van der Waals surface area (Å²) in [7, 11) is 2.74. The van der Waals surface area contributed by atoms with Gasteiger partial charge in [-0.05, 0) is 25.4 Å². The number of hydrogen-bond donors (Lipinski definition) is 0. The van der Waals surface area contributed by atoms with Gasteiger partial charge in [0.25, 0.3) is 0 Å². The lowest BCUT2D eigenvalue weighted by molar-refractivity contribution is 0.735. The second-order valence-corrected chi connectivity index (χ2v) is 2.50. The van der Waals surface area contributed by atoms with Crippen LogP contribution in [0, 0.1) is 0 Å². The topological polar surface area (TPSA) is 0 Å². The predicted octanol–water partition coefficient (Wildman–Crippen LogP) is 2.61. The maximum atomic E-state index is 3.65. The maximum Gasteiger partial charge on any atom is -0.0353 e. The zero-order chi connectivity index (χ0) is 6.24. The van der Waals surface area contributed by atoms with Crippen LogP contribution >= 0.6 is 9.24 Å². The molecule has 1 heteroatoms. The van der Waals surface area contributed by atoms with E-state index in [9.17, 15) is 0 Å². The van der Waals surface area contributed by atoms with Crippen molar-refractivity contribution in [2.45, 2.75) is 25.7 Å². The van der Waals surface area contributed by atoms with Crippen LogP contribution in [0.1, 0.15) is 25.7 Å². The first-order valence-electron chi connectivity index (χ1n) is 3.22. The third-order valence-electron chi connectivity index (χ3n) is 1.11. The molecular weight excluding hydrogens is 115 g/mol. The van der Waals surface area contributed by atoms with Gasteiger partial charge in [0, 0.05) is 0 Å². The normalized spacial score (nSPS) is 9.12. The van der Waals surface area contributed by atoms with E-state index in [1.807, 2.05) is 6.08 Å². The molecule has 0 bridgehead atoms. The molecule has 0 N–H and O–H groups in total. The fraction of sp³-hybridized carbons (Fsp3) is 0.714. The first-order chi connectivity index (χ1) is 3.91. The van der Waals surface area contributed by atoms with Gasteiger partial charge in [0.05, 0.1) is 0 Å². The standard InChI is InChI=1S/C7H15P/c1-2-3-4-5-6-7-8/h2H,1,3-8H2. The Bertz CT molecular complexity index is 50.3. The van der Waals surface area contributed by atoms with Crippen LogP contribution in [0.15, 0.2) is 12.7 Å². The van der Waals surface area contributed by atoms with Gasteiger partial charge in [0.2, 0.25) is 0 Å². The molecule has 0 aromatic rings. The molecule has 0 radical (unpaired) electrons. The summed E-state index contributed by atoms with van der Waals surface area (Å²) >= 11 is 0. The number of unbranched alkanes of at least 4 members (excludes halogenated alkanes) is 3.